The first kappa shape index (κ1) is 18.2. The Bertz CT molecular complexity index is 597. The number of hydrogen-bond acceptors (Lipinski definition) is 3. The van der Waals surface area contributed by atoms with E-state index in [-0.39, 0.29) is 5.91 Å². The molecule has 0 saturated carbocycles. The molecule has 132 valence electrons. The number of carbonyl (C=O) groups is 1. The van der Waals surface area contributed by atoms with Gasteiger partial charge >= 0.3 is 0 Å². The van der Waals surface area contributed by atoms with Gasteiger partial charge < -0.3 is 15.5 Å². The molecule has 2 heterocycles. The Kier molecular flexibility index (Phi) is 6.17. The summed E-state index contributed by atoms with van der Waals surface area (Å²) in [7, 11) is 0. The predicted octanol–water partition coefficient (Wildman–Crippen LogP) is 2.42. The van der Waals surface area contributed by atoms with E-state index in [1.165, 1.54) is 0 Å². The summed E-state index contributed by atoms with van der Waals surface area (Å²) >= 11 is 0. The van der Waals surface area contributed by atoms with Crippen LogP contribution in [-0.2, 0) is 4.79 Å². The first-order valence-electron chi connectivity index (χ1n) is 8.66. The maximum absolute atomic E-state index is 12.0. The van der Waals surface area contributed by atoms with E-state index in [2.05, 4.69) is 46.3 Å². The van der Waals surface area contributed by atoms with E-state index >= 15 is 0 Å². The topological polar surface area (TPSA) is 69.6 Å². The van der Waals surface area contributed by atoms with Crippen LogP contribution in [0.3, 0.4) is 0 Å². The monoisotopic (exact) mass is 331 g/mol. The lowest BCUT2D eigenvalue weighted by atomic mass is 9.93. The third kappa shape index (κ3) is 5.51. The quantitative estimate of drug-likeness (QED) is 0.642. The molecule has 24 heavy (non-hydrogen) atoms. The molecule has 1 aromatic heterocycles. The maximum atomic E-state index is 12.0. The first-order chi connectivity index (χ1) is 11.4. The van der Waals surface area contributed by atoms with E-state index in [9.17, 15) is 4.79 Å². The lowest BCUT2D eigenvalue weighted by molar-refractivity contribution is -0.116. The van der Waals surface area contributed by atoms with Crippen molar-refractivity contribution in [3.63, 3.8) is 0 Å². The van der Waals surface area contributed by atoms with Gasteiger partial charge in [0.25, 0.3) is 0 Å². The van der Waals surface area contributed by atoms with Crippen molar-refractivity contribution in [1.82, 2.24) is 15.2 Å². The van der Waals surface area contributed by atoms with Crippen LogP contribution >= 0.6 is 0 Å². The number of anilines is 1. The number of nitrogens with zero attached hydrogens (tertiary/aromatic N) is 3. The van der Waals surface area contributed by atoms with Gasteiger partial charge in [-0.25, -0.2) is 4.98 Å². The van der Waals surface area contributed by atoms with Gasteiger partial charge in [-0.05, 0) is 37.8 Å². The summed E-state index contributed by atoms with van der Waals surface area (Å²) in [6.07, 6.45) is 1.51. The van der Waals surface area contributed by atoms with Gasteiger partial charge in [-0.3, -0.25) is 9.79 Å². The van der Waals surface area contributed by atoms with Gasteiger partial charge in [0.15, 0.2) is 5.96 Å². The molecule has 1 aromatic rings. The minimum atomic E-state index is -0.0607. The molecule has 0 radical (unpaired) electrons. The summed E-state index contributed by atoms with van der Waals surface area (Å²) < 4.78 is 0. The Morgan fingerprint density at radius 1 is 1.42 bits per heavy atom. The fourth-order valence-electron chi connectivity index (χ4n) is 2.80. The van der Waals surface area contributed by atoms with E-state index in [0.717, 1.165) is 37.7 Å². The van der Waals surface area contributed by atoms with Gasteiger partial charge in [-0.2, -0.15) is 0 Å². The zero-order valence-electron chi connectivity index (χ0n) is 15.2. The fourth-order valence-corrected chi connectivity index (χ4v) is 2.80. The van der Waals surface area contributed by atoms with Crippen molar-refractivity contribution < 1.29 is 4.79 Å². The molecule has 0 aliphatic carbocycles. The average Bonchev–Trinajstić information content (AvgIpc) is 2.86. The van der Waals surface area contributed by atoms with Crippen molar-refractivity contribution in [2.24, 2.45) is 10.4 Å². The van der Waals surface area contributed by atoms with Gasteiger partial charge in [0.2, 0.25) is 5.91 Å². The van der Waals surface area contributed by atoms with Crippen molar-refractivity contribution in [2.75, 3.05) is 31.5 Å². The van der Waals surface area contributed by atoms with Crippen LogP contribution in [0.4, 0.5) is 5.82 Å². The van der Waals surface area contributed by atoms with Crippen molar-refractivity contribution in [3.8, 4) is 0 Å². The molecule has 1 aliphatic rings. The largest absolute Gasteiger partial charge is 0.357 e. The van der Waals surface area contributed by atoms with E-state index in [4.69, 9.17) is 0 Å². The number of nitrogens with one attached hydrogen (secondary N) is 2. The molecule has 0 bridgehead atoms. The van der Waals surface area contributed by atoms with Crippen molar-refractivity contribution in [3.05, 3.63) is 23.9 Å². The standard InChI is InChI=1S/C18H29N5O/c1-5-19-17(23-12-10-18(3,4)13-23)20-11-9-16(24)22-15-8-6-7-14(2)21-15/h6-8H,5,9-13H2,1-4H3,(H,19,20)(H,21,22,24). The Morgan fingerprint density at radius 2 is 2.21 bits per heavy atom. The smallest absolute Gasteiger partial charge is 0.227 e. The molecule has 1 fully saturated rings. The van der Waals surface area contributed by atoms with E-state index < -0.39 is 0 Å². The predicted molar refractivity (Wildman–Crippen MR) is 98.2 cm³/mol. The second-order valence-corrected chi connectivity index (χ2v) is 7.03. The molecule has 6 nitrogen and oxygen atoms in total. The molecule has 0 atom stereocenters. The Balaban J connectivity index is 1.86. The Labute approximate surface area is 144 Å². The van der Waals surface area contributed by atoms with Crippen molar-refractivity contribution >= 4 is 17.7 Å². The van der Waals surface area contributed by atoms with E-state index in [1.54, 1.807) is 6.07 Å². The summed E-state index contributed by atoms with van der Waals surface area (Å²) in [6, 6.07) is 5.58. The van der Waals surface area contributed by atoms with Crippen LogP contribution in [0.25, 0.3) is 0 Å². The van der Waals surface area contributed by atoms with E-state index in [0.29, 0.717) is 24.2 Å². The summed E-state index contributed by atoms with van der Waals surface area (Å²) in [5.74, 6) is 1.44. The van der Waals surface area contributed by atoms with Crippen molar-refractivity contribution in [2.45, 2.75) is 40.5 Å². The normalized spacial score (nSPS) is 17.0. The van der Waals surface area contributed by atoms with Crippen LogP contribution in [0.15, 0.2) is 23.2 Å². The number of pyridine rings is 1. The van der Waals surface area contributed by atoms with Gasteiger partial charge in [-0.1, -0.05) is 19.9 Å². The maximum Gasteiger partial charge on any atom is 0.227 e. The lowest BCUT2D eigenvalue weighted by Gasteiger charge is -2.23. The van der Waals surface area contributed by atoms with Crippen LogP contribution in [0.1, 0.15) is 39.3 Å². The Hall–Kier alpha value is -2.11. The number of hydrogen-bond donors (Lipinski definition) is 2. The second-order valence-electron chi connectivity index (χ2n) is 7.03. The highest BCUT2D eigenvalue weighted by Crippen LogP contribution is 2.28. The van der Waals surface area contributed by atoms with Gasteiger partial charge in [0, 0.05) is 31.7 Å². The van der Waals surface area contributed by atoms with Gasteiger partial charge in [0.05, 0.1) is 6.54 Å². The number of aliphatic imine (C=N–C) groups is 1. The zero-order chi connectivity index (χ0) is 17.6. The highest BCUT2D eigenvalue weighted by Gasteiger charge is 2.30. The summed E-state index contributed by atoms with van der Waals surface area (Å²) in [4.78, 5) is 23.2. The number of amides is 1. The molecular formula is C18H29N5O. The number of likely N-dealkylation sites (tertiary alicyclic amines) is 1. The lowest BCUT2D eigenvalue weighted by Crippen LogP contribution is -2.41. The molecule has 2 rings (SSSR count). The number of guanidine groups is 1. The number of rotatable bonds is 5. The average molecular weight is 331 g/mol. The van der Waals surface area contributed by atoms with Gasteiger partial charge in [0.1, 0.15) is 5.82 Å². The van der Waals surface area contributed by atoms with Crippen LogP contribution < -0.4 is 10.6 Å². The molecule has 0 aromatic carbocycles. The van der Waals surface area contributed by atoms with Crippen LogP contribution in [-0.4, -0.2) is 47.9 Å². The minimum absolute atomic E-state index is 0.0607. The minimum Gasteiger partial charge on any atom is -0.357 e. The van der Waals surface area contributed by atoms with Crippen LogP contribution in [0, 0.1) is 12.3 Å². The SMILES string of the molecule is CCNC(=NCCC(=O)Nc1cccc(C)n1)N1CCC(C)(C)C1. The molecule has 1 aliphatic heterocycles. The highest BCUT2D eigenvalue weighted by molar-refractivity contribution is 5.90. The molecule has 0 unspecified atom stereocenters. The zero-order valence-corrected chi connectivity index (χ0v) is 15.2. The molecular weight excluding hydrogens is 302 g/mol. The molecule has 1 amide bonds. The van der Waals surface area contributed by atoms with Gasteiger partial charge in [-0.15, -0.1) is 0 Å². The summed E-state index contributed by atoms with van der Waals surface area (Å²) in [6.45, 7) is 11.8. The van der Waals surface area contributed by atoms with Crippen LogP contribution in [0.2, 0.25) is 0 Å². The fraction of sp³-hybridized carbons (Fsp3) is 0.611. The summed E-state index contributed by atoms with van der Waals surface area (Å²) in [5, 5.41) is 6.14. The molecule has 1 saturated heterocycles. The summed E-state index contributed by atoms with van der Waals surface area (Å²) in [5.41, 5.74) is 1.21. The van der Waals surface area contributed by atoms with Crippen LogP contribution in [0.5, 0.6) is 0 Å². The highest BCUT2D eigenvalue weighted by atomic mass is 16.1. The second kappa shape index (κ2) is 8.13. The van der Waals surface area contributed by atoms with Crippen molar-refractivity contribution in [1.29, 1.82) is 0 Å². The third-order valence-corrected chi connectivity index (χ3v) is 4.07. The molecule has 2 N–H and O–H groups in total. The molecule has 6 heteroatoms. The first-order valence-corrected chi connectivity index (χ1v) is 8.66. The number of aromatic nitrogens is 1. The molecule has 0 spiro atoms. The van der Waals surface area contributed by atoms with E-state index in [1.807, 2.05) is 19.1 Å². The third-order valence-electron chi connectivity index (χ3n) is 4.07. The Morgan fingerprint density at radius 3 is 2.83 bits per heavy atom. The number of aryl methyl sites for hydroxylation is 1. The number of carbonyl (C=O) groups excluding carboxylic acids is 1.